The van der Waals surface area contributed by atoms with Crippen molar-refractivity contribution in [1.82, 2.24) is 15.3 Å². The first kappa shape index (κ1) is 6.85. The van der Waals surface area contributed by atoms with E-state index in [1.54, 1.807) is 6.33 Å². The Morgan fingerprint density at radius 3 is 3.18 bits per heavy atom. The lowest BCUT2D eigenvalue weighted by Gasteiger charge is -1.99. The Morgan fingerprint density at radius 2 is 2.55 bits per heavy atom. The first-order valence-corrected chi connectivity index (χ1v) is 4.13. The molecule has 0 spiro atoms. The van der Waals surface area contributed by atoms with Crippen LogP contribution in [0, 0.1) is 5.92 Å². The van der Waals surface area contributed by atoms with Crippen LogP contribution in [0.5, 0.6) is 0 Å². The van der Waals surface area contributed by atoms with Crippen molar-refractivity contribution in [3.8, 4) is 0 Å². The van der Waals surface area contributed by atoms with Gasteiger partial charge < -0.3 is 10.3 Å². The van der Waals surface area contributed by atoms with Gasteiger partial charge in [-0.25, -0.2) is 4.98 Å². The summed E-state index contributed by atoms with van der Waals surface area (Å²) in [6.45, 7) is 2.09. The van der Waals surface area contributed by atoms with E-state index in [4.69, 9.17) is 0 Å². The van der Waals surface area contributed by atoms with Gasteiger partial charge >= 0.3 is 0 Å². The lowest BCUT2D eigenvalue weighted by molar-refractivity contribution is 0.632. The van der Waals surface area contributed by atoms with E-state index in [1.807, 2.05) is 6.20 Å². The molecule has 1 aromatic heterocycles. The molecule has 60 valence electrons. The molecule has 0 aliphatic heterocycles. The summed E-state index contributed by atoms with van der Waals surface area (Å²) in [5.74, 6) is 0.956. The number of aromatic nitrogens is 2. The Kier molecular flexibility index (Phi) is 1.90. The maximum Gasteiger partial charge on any atom is 0.0922 e. The maximum atomic E-state index is 3.94. The van der Waals surface area contributed by atoms with Crippen molar-refractivity contribution in [3.63, 3.8) is 0 Å². The van der Waals surface area contributed by atoms with E-state index in [1.165, 1.54) is 25.1 Å². The molecular weight excluding hydrogens is 138 g/mol. The summed E-state index contributed by atoms with van der Waals surface area (Å²) in [7, 11) is 0. The van der Waals surface area contributed by atoms with Crippen molar-refractivity contribution in [3.05, 3.63) is 18.2 Å². The van der Waals surface area contributed by atoms with Crippen LogP contribution in [-0.2, 0) is 6.54 Å². The SMILES string of the molecule is c1ncc(CNCC2CC2)[nH]1. The second-order valence-electron chi connectivity index (χ2n) is 3.15. The van der Waals surface area contributed by atoms with Crippen molar-refractivity contribution in [2.75, 3.05) is 6.54 Å². The highest BCUT2D eigenvalue weighted by atomic mass is 14.9. The topological polar surface area (TPSA) is 40.7 Å². The van der Waals surface area contributed by atoms with Gasteiger partial charge in [-0.3, -0.25) is 0 Å². The maximum absolute atomic E-state index is 3.94. The molecule has 1 heterocycles. The van der Waals surface area contributed by atoms with Crippen LogP contribution in [0.4, 0.5) is 0 Å². The van der Waals surface area contributed by atoms with E-state index in [9.17, 15) is 0 Å². The van der Waals surface area contributed by atoms with E-state index in [2.05, 4.69) is 15.3 Å². The zero-order valence-electron chi connectivity index (χ0n) is 6.51. The molecule has 0 unspecified atom stereocenters. The van der Waals surface area contributed by atoms with Crippen LogP contribution in [0.1, 0.15) is 18.5 Å². The van der Waals surface area contributed by atoms with Crippen LogP contribution in [-0.4, -0.2) is 16.5 Å². The molecular formula is C8H13N3. The normalized spacial score (nSPS) is 17.1. The molecule has 3 heteroatoms. The summed E-state index contributed by atoms with van der Waals surface area (Å²) >= 11 is 0. The van der Waals surface area contributed by atoms with Gasteiger partial charge in [0.2, 0.25) is 0 Å². The van der Waals surface area contributed by atoms with Crippen molar-refractivity contribution in [2.45, 2.75) is 19.4 Å². The molecule has 1 saturated carbocycles. The number of rotatable bonds is 4. The zero-order chi connectivity index (χ0) is 7.52. The number of aromatic amines is 1. The standard InChI is InChI=1S/C8H13N3/c1-2-7(1)3-9-4-8-5-10-6-11-8/h5-7,9H,1-4H2,(H,10,11). The van der Waals surface area contributed by atoms with Gasteiger partial charge in [-0.05, 0) is 25.3 Å². The molecule has 2 N–H and O–H groups in total. The van der Waals surface area contributed by atoms with E-state index in [0.717, 1.165) is 12.5 Å². The average Bonchev–Trinajstić information content (AvgIpc) is 2.66. The average molecular weight is 151 g/mol. The van der Waals surface area contributed by atoms with Crippen molar-refractivity contribution < 1.29 is 0 Å². The number of hydrogen-bond acceptors (Lipinski definition) is 2. The van der Waals surface area contributed by atoms with E-state index >= 15 is 0 Å². The van der Waals surface area contributed by atoms with E-state index in [-0.39, 0.29) is 0 Å². The molecule has 1 aromatic rings. The fourth-order valence-corrected chi connectivity index (χ4v) is 1.11. The van der Waals surface area contributed by atoms with E-state index < -0.39 is 0 Å². The van der Waals surface area contributed by atoms with Crippen LogP contribution >= 0.6 is 0 Å². The molecule has 3 nitrogen and oxygen atoms in total. The third kappa shape index (κ3) is 2.05. The molecule has 1 aliphatic rings. The predicted octanol–water partition coefficient (Wildman–Crippen LogP) is 0.909. The summed E-state index contributed by atoms with van der Waals surface area (Å²) in [4.78, 5) is 7.00. The molecule has 0 amide bonds. The van der Waals surface area contributed by atoms with Gasteiger partial charge in [0.15, 0.2) is 0 Å². The Labute approximate surface area is 66.2 Å². The highest BCUT2D eigenvalue weighted by Crippen LogP contribution is 2.27. The molecule has 1 aliphatic carbocycles. The minimum Gasteiger partial charge on any atom is -0.347 e. The third-order valence-corrected chi connectivity index (χ3v) is 2.00. The number of nitrogens with zero attached hydrogens (tertiary/aromatic N) is 1. The van der Waals surface area contributed by atoms with Crippen LogP contribution in [0.15, 0.2) is 12.5 Å². The fourth-order valence-electron chi connectivity index (χ4n) is 1.11. The fraction of sp³-hybridized carbons (Fsp3) is 0.625. The van der Waals surface area contributed by atoms with Crippen LogP contribution < -0.4 is 5.32 Å². The summed E-state index contributed by atoms with van der Waals surface area (Å²) in [6, 6.07) is 0. The Morgan fingerprint density at radius 1 is 1.64 bits per heavy atom. The van der Waals surface area contributed by atoms with E-state index in [0.29, 0.717) is 0 Å². The van der Waals surface area contributed by atoms with Crippen LogP contribution in [0.25, 0.3) is 0 Å². The Hall–Kier alpha value is -0.830. The molecule has 0 saturated heterocycles. The minimum absolute atomic E-state index is 0.927. The lowest BCUT2D eigenvalue weighted by Crippen LogP contribution is -2.16. The Bertz CT molecular complexity index is 201. The second-order valence-corrected chi connectivity index (χ2v) is 3.15. The zero-order valence-corrected chi connectivity index (χ0v) is 6.51. The lowest BCUT2D eigenvalue weighted by atomic mass is 10.4. The van der Waals surface area contributed by atoms with Gasteiger partial charge in [0.1, 0.15) is 0 Å². The summed E-state index contributed by atoms with van der Waals surface area (Å²) in [5.41, 5.74) is 1.17. The Balaban J connectivity index is 1.66. The highest BCUT2D eigenvalue weighted by molar-refractivity contribution is 4.93. The minimum atomic E-state index is 0.927. The molecule has 1 fully saturated rings. The second kappa shape index (κ2) is 3.05. The number of H-pyrrole nitrogens is 1. The van der Waals surface area contributed by atoms with Crippen LogP contribution in [0.2, 0.25) is 0 Å². The summed E-state index contributed by atoms with van der Waals surface area (Å²) in [6.07, 6.45) is 6.40. The molecule has 0 bridgehead atoms. The van der Waals surface area contributed by atoms with Gasteiger partial charge in [-0.2, -0.15) is 0 Å². The van der Waals surface area contributed by atoms with Crippen molar-refractivity contribution in [1.29, 1.82) is 0 Å². The quantitative estimate of drug-likeness (QED) is 0.671. The summed E-state index contributed by atoms with van der Waals surface area (Å²) in [5, 5.41) is 3.38. The van der Waals surface area contributed by atoms with Gasteiger partial charge in [0.05, 0.1) is 6.33 Å². The van der Waals surface area contributed by atoms with Gasteiger partial charge in [-0.1, -0.05) is 0 Å². The van der Waals surface area contributed by atoms with Gasteiger partial charge in [-0.15, -0.1) is 0 Å². The van der Waals surface area contributed by atoms with Gasteiger partial charge in [0.25, 0.3) is 0 Å². The predicted molar refractivity (Wildman–Crippen MR) is 43.0 cm³/mol. The number of hydrogen-bond donors (Lipinski definition) is 2. The third-order valence-electron chi connectivity index (χ3n) is 2.00. The molecule has 0 aromatic carbocycles. The summed E-state index contributed by atoms with van der Waals surface area (Å²) < 4.78 is 0. The van der Waals surface area contributed by atoms with Crippen molar-refractivity contribution in [2.24, 2.45) is 5.92 Å². The number of imidazole rings is 1. The smallest absolute Gasteiger partial charge is 0.0922 e. The molecule has 2 rings (SSSR count). The molecule has 0 atom stereocenters. The first-order valence-electron chi connectivity index (χ1n) is 4.13. The number of nitrogens with one attached hydrogen (secondary N) is 2. The monoisotopic (exact) mass is 151 g/mol. The van der Waals surface area contributed by atoms with Crippen LogP contribution in [0.3, 0.4) is 0 Å². The molecule has 11 heavy (non-hydrogen) atoms. The van der Waals surface area contributed by atoms with Gasteiger partial charge in [0, 0.05) is 18.4 Å². The highest BCUT2D eigenvalue weighted by Gasteiger charge is 2.19. The largest absolute Gasteiger partial charge is 0.347 e. The van der Waals surface area contributed by atoms with Crippen molar-refractivity contribution >= 4 is 0 Å². The molecule has 0 radical (unpaired) electrons. The first-order chi connectivity index (χ1) is 5.45.